The normalized spacial score (nSPS) is 13.0. The number of ether oxygens (including phenoxy) is 2. The number of hydrogen-bond donors (Lipinski definition) is 2. The Labute approximate surface area is 171 Å². The Morgan fingerprint density at radius 3 is 2.76 bits per heavy atom. The summed E-state index contributed by atoms with van der Waals surface area (Å²) in [5.74, 6) is 0.738. The third-order valence-corrected chi connectivity index (χ3v) is 5.23. The van der Waals surface area contributed by atoms with Gasteiger partial charge >= 0.3 is 0 Å². The van der Waals surface area contributed by atoms with Crippen LogP contribution in [0.4, 0.5) is 5.13 Å². The van der Waals surface area contributed by atoms with Crippen LogP contribution in [-0.4, -0.2) is 23.6 Å². The second-order valence-electron chi connectivity index (χ2n) is 6.54. The molecule has 1 atom stereocenters. The second kappa shape index (κ2) is 8.32. The molecule has 0 bridgehead atoms. The summed E-state index contributed by atoms with van der Waals surface area (Å²) in [6.07, 6.45) is 0.146. The number of carbonyl (C=O) groups is 2. The zero-order valence-electron chi connectivity index (χ0n) is 15.7. The van der Waals surface area contributed by atoms with Gasteiger partial charge in [0.2, 0.25) is 12.7 Å². The van der Waals surface area contributed by atoms with Gasteiger partial charge < -0.3 is 14.8 Å². The minimum atomic E-state index is -0.300. The molecular formula is C21H19N3O4S. The molecule has 2 heterocycles. The Morgan fingerprint density at radius 2 is 1.93 bits per heavy atom. The number of nitrogens with one attached hydrogen (secondary N) is 2. The minimum absolute atomic E-state index is 0.0903. The predicted octanol–water partition coefficient (Wildman–Crippen LogP) is 3.54. The van der Waals surface area contributed by atoms with Crippen molar-refractivity contribution in [1.29, 1.82) is 0 Å². The van der Waals surface area contributed by atoms with Crippen LogP contribution in [0.2, 0.25) is 0 Å². The van der Waals surface area contributed by atoms with Crippen LogP contribution in [0.3, 0.4) is 0 Å². The van der Waals surface area contributed by atoms with Gasteiger partial charge in [-0.15, -0.1) is 11.3 Å². The fraction of sp³-hybridized carbons (Fsp3) is 0.190. The Balaban J connectivity index is 1.33. The molecule has 0 radical (unpaired) electrons. The quantitative estimate of drug-likeness (QED) is 0.650. The first-order valence-corrected chi connectivity index (χ1v) is 9.96. The van der Waals surface area contributed by atoms with Crippen molar-refractivity contribution in [2.24, 2.45) is 0 Å². The van der Waals surface area contributed by atoms with Crippen LogP contribution < -0.4 is 20.1 Å². The molecule has 29 heavy (non-hydrogen) atoms. The molecule has 7 nitrogen and oxygen atoms in total. The number of amides is 2. The fourth-order valence-corrected chi connectivity index (χ4v) is 3.64. The molecule has 148 valence electrons. The molecule has 0 spiro atoms. The van der Waals surface area contributed by atoms with Gasteiger partial charge in [0.15, 0.2) is 16.6 Å². The van der Waals surface area contributed by atoms with Crippen molar-refractivity contribution in [3.8, 4) is 11.5 Å². The first-order chi connectivity index (χ1) is 14.1. The van der Waals surface area contributed by atoms with Crippen molar-refractivity contribution >= 4 is 28.3 Å². The van der Waals surface area contributed by atoms with E-state index in [1.165, 1.54) is 11.3 Å². The van der Waals surface area contributed by atoms with Gasteiger partial charge in [-0.05, 0) is 30.7 Å². The molecule has 0 aliphatic carbocycles. The molecule has 0 unspecified atom stereocenters. The third kappa shape index (κ3) is 4.55. The highest BCUT2D eigenvalue weighted by atomic mass is 32.1. The average molecular weight is 409 g/mol. The summed E-state index contributed by atoms with van der Waals surface area (Å²) >= 11 is 1.28. The molecular weight excluding hydrogens is 390 g/mol. The van der Waals surface area contributed by atoms with Crippen molar-refractivity contribution < 1.29 is 19.1 Å². The van der Waals surface area contributed by atoms with E-state index >= 15 is 0 Å². The van der Waals surface area contributed by atoms with Gasteiger partial charge in [-0.3, -0.25) is 14.9 Å². The van der Waals surface area contributed by atoms with Crippen molar-refractivity contribution in [3.63, 3.8) is 0 Å². The number of rotatable bonds is 6. The molecule has 4 rings (SSSR count). The van der Waals surface area contributed by atoms with Gasteiger partial charge in [0.1, 0.15) is 0 Å². The van der Waals surface area contributed by atoms with Crippen LogP contribution in [0.15, 0.2) is 53.9 Å². The van der Waals surface area contributed by atoms with Crippen molar-refractivity contribution in [2.45, 2.75) is 19.4 Å². The first-order valence-electron chi connectivity index (χ1n) is 9.08. The van der Waals surface area contributed by atoms with Gasteiger partial charge in [-0.1, -0.05) is 30.3 Å². The molecule has 1 aliphatic rings. The predicted molar refractivity (Wildman–Crippen MR) is 109 cm³/mol. The Hall–Kier alpha value is -3.39. The summed E-state index contributed by atoms with van der Waals surface area (Å²) in [7, 11) is 0. The maximum atomic E-state index is 12.4. The lowest BCUT2D eigenvalue weighted by Crippen LogP contribution is -2.28. The molecule has 2 aromatic carbocycles. The summed E-state index contributed by atoms with van der Waals surface area (Å²) in [6.45, 7) is 2.09. The van der Waals surface area contributed by atoms with E-state index < -0.39 is 0 Å². The zero-order chi connectivity index (χ0) is 20.2. The summed E-state index contributed by atoms with van der Waals surface area (Å²) in [4.78, 5) is 29.1. The molecule has 2 N–H and O–H groups in total. The van der Waals surface area contributed by atoms with Gasteiger partial charge in [-0.2, -0.15) is 0 Å². The summed E-state index contributed by atoms with van der Waals surface area (Å²) in [6, 6.07) is 14.7. The largest absolute Gasteiger partial charge is 0.454 e. The number of carbonyl (C=O) groups excluding carboxylic acids is 2. The SMILES string of the molecule is C[C@H](NC(=O)Cc1csc(NC(=O)c2ccc3c(c2)OCO3)n1)c1ccccc1. The number of aromatic nitrogens is 1. The fourth-order valence-electron chi connectivity index (χ4n) is 2.93. The lowest BCUT2D eigenvalue weighted by molar-refractivity contribution is -0.121. The molecule has 1 aromatic heterocycles. The number of benzene rings is 2. The maximum Gasteiger partial charge on any atom is 0.257 e. The third-order valence-electron chi connectivity index (χ3n) is 4.43. The monoisotopic (exact) mass is 409 g/mol. The van der Waals surface area contributed by atoms with E-state index in [0.717, 1.165) is 5.56 Å². The summed E-state index contributed by atoms with van der Waals surface area (Å²) < 4.78 is 10.5. The Morgan fingerprint density at radius 1 is 1.14 bits per heavy atom. The van der Waals surface area contributed by atoms with Crippen molar-refractivity contribution in [3.05, 3.63) is 70.7 Å². The number of hydrogen-bond acceptors (Lipinski definition) is 6. The van der Waals surface area contributed by atoms with E-state index in [2.05, 4.69) is 15.6 Å². The number of thiazole rings is 1. The lowest BCUT2D eigenvalue weighted by atomic mass is 10.1. The standard InChI is InChI=1S/C21H19N3O4S/c1-13(14-5-3-2-4-6-14)22-19(25)10-16-11-29-21(23-16)24-20(26)15-7-8-17-18(9-15)28-12-27-17/h2-9,11,13H,10,12H2,1H3,(H,22,25)(H,23,24,26)/t13-/m0/s1. The molecule has 3 aromatic rings. The van der Waals surface area contributed by atoms with E-state index in [-0.39, 0.29) is 31.1 Å². The summed E-state index contributed by atoms with van der Waals surface area (Å²) in [5, 5.41) is 7.91. The van der Waals surface area contributed by atoms with Crippen LogP contribution in [0.5, 0.6) is 11.5 Å². The van der Waals surface area contributed by atoms with E-state index in [0.29, 0.717) is 27.9 Å². The zero-order valence-corrected chi connectivity index (χ0v) is 16.5. The molecule has 1 aliphatic heterocycles. The van der Waals surface area contributed by atoms with Crippen molar-refractivity contribution in [2.75, 3.05) is 12.1 Å². The Bertz CT molecular complexity index is 1040. The Kier molecular flexibility index (Phi) is 5.44. The smallest absolute Gasteiger partial charge is 0.257 e. The van der Waals surface area contributed by atoms with Gasteiger partial charge in [-0.25, -0.2) is 4.98 Å². The van der Waals surface area contributed by atoms with Crippen molar-refractivity contribution in [1.82, 2.24) is 10.3 Å². The van der Waals surface area contributed by atoms with E-state index in [1.807, 2.05) is 37.3 Å². The van der Waals surface area contributed by atoms with E-state index in [4.69, 9.17) is 9.47 Å². The highest BCUT2D eigenvalue weighted by molar-refractivity contribution is 7.14. The highest BCUT2D eigenvalue weighted by Crippen LogP contribution is 2.32. The number of nitrogens with zero attached hydrogens (tertiary/aromatic N) is 1. The van der Waals surface area contributed by atoms with Gasteiger partial charge in [0.05, 0.1) is 18.2 Å². The number of fused-ring (bicyclic) bond motifs is 1. The second-order valence-corrected chi connectivity index (χ2v) is 7.40. The molecule has 8 heteroatoms. The maximum absolute atomic E-state index is 12.4. The van der Waals surface area contributed by atoms with Gasteiger partial charge in [0, 0.05) is 10.9 Å². The first kappa shape index (κ1) is 18.9. The highest BCUT2D eigenvalue weighted by Gasteiger charge is 2.17. The lowest BCUT2D eigenvalue weighted by Gasteiger charge is -2.13. The molecule has 0 saturated heterocycles. The van der Waals surface area contributed by atoms with Crippen LogP contribution in [0, 0.1) is 0 Å². The average Bonchev–Trinajstić information content (AvgIpc) is 3.37. The van der Waals surface area contributed by atoms with Crippen LogP contribution in [0.25, 0.3) is 0 Å². The van der Waals surface area contributed by atoms with Gasteiger partial charge in [0.25, 0.3) is 5.91 Å². The number of anilines is 1. The van der Waals surface area contributed by atoms with Crippen LogP contribution in [0.1, 0.15) is 34.6 Å². The van der Waals surface area contributed by atoms with E-state index in [9.17, 15) is 9.59 Å². The minimum Gasteiger partial charge on any atom is -0.454 e. The van der Waals surface area contributed by atoms with E-state index in [1.54, 1.807) is 23.6 Å². The molecule has 0 fully saturated rings. The molecule has 2 amide bonds. The van der Waals surface area contributed by atoms with Crippen LogP contribution in [-0.2, 0) is 11.2 Å². The van der Waals surface area contributed by atoms with Crippen LogP contribution >= 0.6 is 11.3 Å². The topological polar surface area (TPSA) is 89.6 Å². The summed E-state index contributed by atoms with van der Waals surface area (Å²) in [5.41, 5.74) is 2.09. The molecule has 0 saturated carbocycles.